The third kappa shape index (κ3) is 5.56. The molecule has 0 atom stereocenters. The van der Waals surface area contributed by atoms with Gasteiger partial charge in [-0.3, -0.25) is 0 Å². The van der Waals surface area contributed by atoms with E-state index < -0.39 is 0 Å². The summed E-state index contributed by atoms with van der Waals surface area (Å²) < 4.78 is 12.2. The van der Waals surface area contributed by atoms with E-state index in [9.17, 15) is 0 Å². The number of fused-ring (bicyclic) bond motifs is 11. The van der Waals surface area contributed by atoms with Gasteiger partial charge >= 0.3 is 0 Å². The molecule has 0 N–H and O–H groups in total. The predicted molar refractivity (Wildman–Crippen MR) is 273 cm³/mol. The highest BCUT2D eigenvalue weighted by Crippen LogP contribution is 2.49. The Hall–Kier alpha value is -8.38. The second kappa shape index (κ2) is 14.1. The standard InChI is InChI=1S/C60H35N3OS/c1-4-16-36(17-5-1)43-32-47(57-49(33-43)56-58(64-57)55(37-18-6-2-7-19-37)61-60(62-56)38-20-8-3-9-21-38)45-28-29-51(54-48-31-40-23-11-13-25-42(40)35-53(48)65-59(45)54)63-50-27-15-14-26-44(50)46-30-39-22-10-12-24-41(39)34-52(46)63/h1-35H. The second-order valence-electron chi connectivity index (χ2n) is 16.9. The minimum absolute atomic E-state index is 0.661. The molecule has 4 nitrogen and oxygen atoms in total. The van der Waals surface area contributed by atoms with Crippen molar-refractivity contribution in [1.29, 1.82) is 0 Å². The number of nitrogens with zero attached hydrogens (tertiary/aromatic N) is 3. The van der Waals surface area contributed by atoms with Crippen LogP contribution >= 0.6 is 11.3 Å². The normalized spacial score (nSPS) is 12.0. The molecule has 0 unspecified atom stereocenters. The summed E-state index contributed by atoms with van der Waals surface area (Å²) in [6, 6.07) is 76.2. The van der Waals surface area contributed by atoms with Crippen molar-refractivity contribution >= 4 is 96.9 Å². The number of para-hydroxylation sites is 1. The van der Waals surface area contributed by atoms with E-state index in [0.29, 0.717) is 11.4 Å². The van der Waals surface area contributed by atoms with Crippen molar-refractivity contribution in [2.24, 2.45) is 0 Å². The molecular formula is C60H35N3OS. The molecule has 14 aromatic rings. The first-order valence-corrected chi connectivity index (χ1v) is 22.8. The lowest BCUT2D eigenvalue weighted by Crippen LogP contribution is -1.96. The van der Waals surface area contributed by atoms with Crippen molar-refractivity contribution in [3.63, 3.8) is 0 Å². The molecule has 0 fully saturated rings. The number of rotatable bonds is 5. The van der Waals surface area contributed by atoms with Crippen LogP contribution in [0.1, 0.15) is 0 Å². The lowest BCUT2D eigenvalue weighted by atomic mass is 9.94. The van der Waals surface area contributed by atoms with Crippen LogP contribution in [-0.2, 0) is 0 Å². The molecule has 0 aliphatic heterocycles. The number of benzene rings is 10. The summed E-state index contributed by atoms with van der Waals surface area (Å²) in [5.74, 6) is 0.661. The molecule has 0 saturated heterocycles. The zero-order chi connectivity index (χ0) is 42.6. The fourth-order valence-corrected chi connectivity index (χ4v) is 11.4. The molecule has 0 saturated carbocycles. The highest BCUT2D eigenvalue weighted by atomic mass is 32.1. The summed E-state index contributed by atoms with van der Waals surface area (Å²) in [6.07, 6.45) is 0. The Morgan fingerprint density at radius 2 is 1.02 bits per heavy atom. The average Bonchev–Trinajstić information content (AvgIpc) is 4.04. The molecule has 0 aliphatic rings. The van der Waals surface area contributed by atoms with Crippen molar-refractivity contribution in [2.45, 2.75) is 0 Å². The van der Waals surface area contributed by atoms with Crippen molar-refractivity contribution in [2.75, 3.05) is 0 Å². The zero-order valence-corrected chi connectivity index (χ0v) is 35.7. The fourth-order valence-electron chi connectivity index (χ4n) is 10.1. The first kappa shape index (κ1) is 36.1. The topological polar surface area (TPSA) is 43.9 Å². The smallest absolute Gasteiger partial charge is 0.180 e. The number of aromatic nitrogens is 3. The molecule has 5 heteroatoms. The zero-order valence-electron chi connectivity index (χ0n) is 34.9. The van der Waals surface area contributed by atoms with Gasteiger partial charge in [-0.05, 0) is 81.2 Å². The van der Waals surface area contributed by atoms with E-state index in [4.69, 9.17) is 14.4 Å². The summed E-state index contributed by atoms with van der Waals surface area (Å²) in [5.41, 5.74) is 12.8. The summed E-state index contributed by atoms with van der Waals surface area (Å²) in [5, 5.41) is 10.8. The van der Waals surface area contributed by atoms with E-state index in [0.717, 1.165) is 61.2 Å². The molecule has 0 aliphatic carbocycles. The van der Waals surface area contributed by atoms with Crippen LogP contribution < -0.4 is 0 Å². The second-order valence-corrected chi connectivity index (χ2v) is 17.9. The molecule has 0 spiro atoms. The van der Waals surface area contributed by atoms with Crippen LogP contribution in [0.2, 0.25) is 0 Å². The van der Waals surface area contributed by atoms with Gasteiger partial charge in [-0.25, -0.2) is 9.97 Å². The van der Waals surface area contributed by atoms with E-state index in [1.165, 1.54) is 63.5 Å². The molecule has 14 rings (SSSR count). The maximum atomic E-state index is 7.22. The average molecular weight is 846 g/mol. The van der Waals surface area contributed by atoms with Gasteiger partial charge in [0, 0.05) is 58.6 Å². The fraction of sp³-hybridized carbons (Fsp3) is 0. The van der Waals surface area contributed by atoms with Gasteiger partial charge in [-0.2, -0.15) is 0 Å². The third-order valence-corrected chi connectivity index (χ3v) is 14.3. The van der Waals surface area contributed by atoms with Crippen LogP contribution in [0.5, 0.6) is 0 Å². The van der Waals surface area contributed by atoms with Gasteiger partial charge in [0.1, 0.15) is 16.8 Å². The SMILES string of the molecule is c1ccc(-c2cc(-c3ccc(-n4c5ccccc5c5cc6ccccc6cc54)c4c3sc3cc5ccccc5cc34)c3oc4c(-c5ccccc5)nc(-c5ccccc5)nc4c3c2)cc1. The van der Waals surface area contributed by atoms with Gasteiger partial charge in [0.2, 0.25) is 0 Å². The number of hydrogen-bond acceptors (Lipinski definition) is 4. The van der Waals surface area contributed by atoms with E-state index in [1.807, 2.05) is 35.6 Å². The van der Waals surface area contributed by atoms with Crippen LogP contribution in [0.3, 0.4) is 0 Å². The van der Waals surface area contributed by atoms with Gasteiger partial charge in [-0.1, -0.05) is 164 Å². The Morgan fingerprint density at radius 1 is 0.400 bits per heavy atom. The van der Waals surface area contributed by atoms with Gasteiger partial charge in [-0.15, -0.1) is 11.3 Å². The molecule has 0 bridgehead atoms. The Kier molecular flexibility index (Phi) is 7.82. The van der Waals surface area contributed by atoms with E-state index in [1.54, 1.807) is 0 Å². The predicted octanol–water partition coefficient (Wildman–Crippen LogP) is 16.8. The monoisotopic (exact) mass is 845 g/mol. The molecule has 4 heterocycles. The van der Waals surface area contributed by atoms with Crippen molar-refractivity contribution in [3.05, 3.63) is 212 Å². The lowest BCUT2D eigenvalue weighted by molar-refractivity contribution is 0.668. The third-order valence-electron chi connectivity index (χ3n) is 13.1. The van der Waals surface area contributed by atoms with Crippen molar-refractivity contribution in [1.82, 2.24) is 14.5 Å². The van der Waals surface area contributed by atoms with E-state index in [2.05, 4.69) is 193 Å². The van der Waals surface area contributed by atoms with E-state index in [-0.39, 0.29) is 0 Å². The molecular weight excluding hydrogens is 811 g/mol. The van der Waals surface area contributed by atoms with Crippen LogP contribution in [0.25, 0.3) is 136 Å². The number of furan rings is 1. The highest BCUT2D eigenvalue weighted by molar-refractivity contribution is 7.26. The maximum Gasteiger partial charge on any atom is 0.180 e. The van der Waals surface area contributed by atoms with Gasteiger partial charge in [0.15, 0.2) is 11.4 Å². The highest BCUT2D eigenvalue weighted by Gasteiger charge is 2.25. The first-order chi connectivity index (χ1) is 32.2. The van der Waals surface area contributed by atoms with Crippen LogP contribution in [0.4, 0.5) is 0 Å². The van der Waals surface area contributed by atoms with Crippen LogP contribution in [0, 0.1) is 0 Å². The van der Waals surface area contributed by atoms with Gasteiger partial charge in [0.25, 0.3) is 0 Å². The molecule has 4 aromatic heterocycles. The summed E-state index contributed by atoms with van der Waals surface area (Å²) >= 11 is 1.86. The number of hydrogen-bond donors (Lipinski definition) is 0. The molecule has 302 valence electrons. The Bertz CT molecular complexity index is 4220. The lowest BCUT2D eigenvalue weighted by Gasteiger charge is -2.14. The van der Waals surface area contributed by atoms with Crippen molar-refractivity contribution in [3.8, 4) is 50.6 Å². The molecule has 0 radical (unpaired) electrons. The first-order valence-electron chi connectivity index (χ1n) is 22.0. The largest absolute Gasteiger partial charge is 0.451 e. The Labute approximate surface area is 376 Å². The van der Waals surface area contributed by atoms with Crippen molar-refractivity contribution < 1.29 is 4.42 Å². The Morgan fingerprint density at radius 3 is 1.75 bits per heavy atom. The minimum Gasteiger partial charge on any atom is -0.451 e. The van der Waals surface area contributed by atoms with Gasteiger partial charge < -0.3 is 8.98 Å². The Balaban J connectivity index is 1.13. The quantitative estimate of drug-likeness (QED) is 0.173. The van der Waals surface area contributed by atoms with E-state index >= 15 is 0 Å². The van der Waals surface area contributed by atoms with Crippen LogP contribution in [0.15, 0.2) is 217 Å². The number of thiophene rings is 1. The summed E-state index contributed by atoms with van der Waals surface area (Å²) in [6.45, 7) is 0. The van der Waals surface area contributed by atoms with Crippen LogP contribution in [-0.4, -0.2) is 14.5 Å². The summed E-state index contributed by atoms with van der Waals surface area (Å²) in [4.78, 5) is 10.6. The summed E-state index contributed by atoms with van der Waals surface area (Å²) in [7, 11) is 0. The minimum atomic E-state index is 0.661. The molecule has 0 amide bonds. The molecule has 10 aromatic carbocycles. The van der Waals surface area contributed by atoms with Gasteiger partial charge in [0.05, 0.1) is 16.7 Å². The maximum absolute atomic E-state index is 7.22. The molecule has 65 heavy (non-hydrogen) atoms.